The summed E-state index contributed by atoms with van der Waals surface area (Å²) in [6.07, 6.45) is 0. The second-order valence-corrected chi connectivity index (χ2v) is 24.1. The Morgan fingerprint density at radius 3 is 0.543 bits per heavy atom. The number of benzene rings is 6. The van der Waals surface area contributed by atoms with E-state index in [0.717, 1.165) is 0 Å². The van der Waals surface area contributed by atoms with E-state index < -0.39 is 45.3 Å². The molecule has 94 heavy (non-hydrogen) atoms. The van der Waals surface area contributed by atoms with Gasteiger partial charge in [-0.15, -0.1) is 0 Å². The summed E-state index contributed by atoms with van der Waals surface area (Å²) in [5.74, 6) is 0.676. The van der Waals surface area contributed by atoms with Crippen LogP contribution in [0.15, 0.2) is 109 Å². The molecule has 0 saturated heterocycles. The Bertz CT molecular complexity index is 3160. The van der Waals surface area contributed by atoms with Crippen molar-refractivity contribution in [3.63, 3.8) is 0 Å². The number of anilines is 2. The highest BCUT2D eigenvalue weighted by Gasteiger charge is 2.63. The van der Waals surface area contributed by atoms with Crippen LogP contribution in [0.3, 0.4) is 0 Å². The third-order valence-corrected chi connectivity index (χ3v) is 18.6. The van der Waals surface area contributed by atoms with E-state index in [-0.39, 0.29) is 159 Å². The first kappa shape index (κ1) is 64.4. The molecule has 0 unspecified atom stereocenters. The molecule has 6 aliphatic heterocycles. The Hall–Kier alpha value is -8.32. The second-order valence-electron chi connectivity index (χ2n) is 24.1. The number of nitrogens with zero attached hydrogens (tertiary/aromatic N) is 2. The quantitative estimate of drug-likeness (QED) is 0.152. The van der Waals surface area contributed by atoms with Crippen molar-refractivity contribution in [2.24, 2.45) is 0 Å². The molecule has 4 amide bonds. The lowest BCUT2D eigenvalue weighted by Crippen LogP contribution is -2.47. The van der Waals surface area contributed by atoms with Gasteiger partial charge in [0, 0.05) is 0 Å². The van der Waals surface area contributed by atoms with Crippen LogP contribution in [0.2, 0.25) is 0 Å². The summed E-state index contributed by atoms with van der Waals surface area (Å²) in [4.78, 5) is 65.9. The molecule has 0 N–H and O–H groups in total. The SMILES string of the molecule is CC12C(=O)N(c3ccccc3)C(=O)C3(C)c4cc5c(cc41)OCCOCCOCCOc1cc4c(cc1OCCOCCOCCO5)C1(C)C(=O)N(c5ccccc5)C(=O)C4(C)c4cc5c(cc41)OCCOCCOCCOc1cc3c2cc1OCCOCCOCCO5. The van der Waals surface area contributed by atoms with Crippen molar-refractivity contribution in [1.82, 2.24) is 0 Å². The van der Waals surface area contributed by atoms with Crippen LogP contribution in [0.4, 0.5) is 11.4 Å². The molecule has 496 valence electrons. The van der Waals surface area contributed by atoms with Crippen LogP contribution in [0.25, 0.3) is 0 Å². The number of amides is 4. The van der Waals surface area contributed by atoms with Crippen molar-refractivity contribution in [2.75, 3.05) is 168 Å². The molecule has 6 aromatic rings. The van der Waals surface area contributed by atoms with Crippen LogP contribution in [-0.2, 0) is 78.7 Å². The smallest absolute Gasteiger partial charge is 0.248 e. The maximum atomic E-state index is 15.8. The van der Waals surface area contributed by atoms with E-state index in [1.807, 2.05) is 39.8 Å². The summed E-state index contributed by atoms with van der Waals surface area (Å²) in [6, 6.07) is 32.3. The minimum Gasteiger partial charge on any atom is -0.487 e. The van der Waals surface area contributed by atoms with E-state index in [2.05, 4.69) is 0 Å². The molecule has 22 nitrogen and oxygen atoms in total. The number of rotatable bonds is 2. The van der Waals surface area contributed by atoms with Crippen LogP contribution >= 0.6 is 0 Å². The Morgan fingerprint density at radius 1 is 0.234 bits per heavy atom. The fraction of sp³-hybridized carbons (Fsp3) is 0.444. The van der Waals surface area contributed by atoms with Crippen LogP contribution in [0.5, 0.6) is 46.0 Å². The molecule has 6 heterocycles. The summed E-state index contributed by atoms with van der Waals surface area (Å²) < 4.78 is 101. The fourth-order valence-corrected chi connectivity index (χ4v) is 13.6. The van der Waals surface area contributed by atoms with Crippen molar-refractivity contribution in [3.8, 4) is 46.0 Å². The number of carbonyl (C=O) groups excluding carboxylic acids is 4. The van der Waals surface area contributed by atoms with Gasteiger partial charge in [0.05, 0.1) is 139 Å². The molecule has 6 aromatic carbocycles. The monoisotopic (exact) mass is 1290 g/mol. The lowest BCUT2D eigenvalue weighted by atomic mass is 9.59. The zero-order valence-electron chi connectivity index (χ0n) is 53.4. The van der Waals surface area contributed by atoms with Crippen LogP contribution in [0, 0.1) is 0 Å². The standard InChI is InChI=1S/C72H78N2O20/c1-69-49-39-57-59-41-51(49)70(2,66(76)73(65(69)75)47-11-7-5-8-12-47)52-42-60-58(40-50(52)69)88-32-24-80-16-18-84-28-36-92-62-44-54-56(46-64(62)94-38-30-86-22-20-82-26-34-90-60)72(4)55-45-63(93-37-29-85-21-19-81-25-33-89-59)61(91-35-27-83-17-15-79-23-31-87-57)43-53(55)71(54,3)67(77)74(68(72)78)48-13-9-6-10-14-48/h5-14,39-46H,15-38H2,1-4H3. The highest BCUT2D eigenvalue weighted by atomic mass is 16.6. The lowest BCUT2D eigenvalue weighted by molar-refractivity contribution is -0.130. The third kappa shape index (κ3) is 11.9. The topological polar surface area (TPSA) is 222 Å². The largest absolute Gasteiger partial charge is 0.487 e. The molecule has 2 aliphatic carbocycles. The van der Waals surface area contributed by atoms with Gasteiger partial charge in [0.1, 0.15) is 52.9 Å². The van der Waals surface area contributed by atoms with E-state index in [9.17, 15) is 0 Å². The molecule has 14 rings (SSSR count). The fourth-order valence-electron chi connectivity index (χ4n) is 13.6. The highest BCUT2D eigenvalue weighted by Crippen LogP contribution is 2.61. The summed E-state index contributed by atoms with van der Waals surface area (Å²) in [7, 11) is 0. The number of para-hydroxylation sites is 2. The second kappa shape index (κ2) is 27.9. The first-order chi connectivity index (χ1) is 45.9. The van der Waals surface area contributed by atoms with Crippen LogP contribution in [-0.4, -0.2) is 182 Å². The first-order valence-electron chi connectivity index (χ1n) is 32.2. The molecule has 22 heteroatoms. The Balaban J connectivity index is 0.906. The Kier molecular flexibility index (Phi) is 19.1. The zero-order chi connectivity index (χ0) is 64.9. The number of imide groups is 2. The van der Waals surface area contributed by atoms with Crippen molar-refractivity contribution >= 4 is 35.0 Å². The molecule has 8 aliphatic rings. The summed E-state index contributed by atoms with van der Waals surface area (Å²) in [5, 5.41) is 0. The summed E-state index contributed by atoms with van der Waals surface area (Å²) in [5.41, 5.74) is -0.963. The Labute approximate surface area is 545 Å². The van der Waals surface area contributed by atoms with E-state index in [0.29, 0.717) is 102 Å². The number of fused-ring (bicyclic) bond motifs is 8. The minimum absolute atomic E-state index is 0.0767. The Morgan fingerprint density at radius 2 is 0.383 bits per heavy atom. The number of ether oxygens (including phenoxy) is 16. The molecular weight excluding hydrogens is 1210 g/mol. The van der Waals surface area contributed by atoms with Crippen molar-refractivity contribution in [2.45, 2.75) is 49.4 Å². The highest BCUT2D eigenvalue weighted by molar-refractivity contribution is 6.27. The van der Waals surface area contributed by atoms with Crippen LogP contribution < -0.4 is 47.7 Å². The predicted octanol–water partition coefficient (Wildman–Crippen LogP) is 7.59. The molecule has 0 radical (unpaired) electrons. The first-order valence-corrected chi connectivity index (χ1v) is 32.2. The average Bonchev–Trinajstić information content (AvgIpc) is 1.44. The number of hydrogen-bond donors (Lipinski definition) is 0. The lowest BCUT2D eigenvalue weighted by Gasteiger charge is -2.41. The van der Waals surface area contributed by atoms with Gasteiger partial charge in [-0.2, -0.15) is 0 Å². The number of carbonyl (C=O) groups is 4. The molecule has 0 fully saturated rings. The van der Waals surface area contributed by atoms with Gasteiger partial charge in [0.2, 0.25) is 23.6 Å². The van der Waals surface area contributed by atoms with Gasteiger partial charge in [0.15, 0.2) is 46.0 Å². The maximum Gasteiger partial charge on any atom is 0.248 e. The molecule has 0 spiro atoms. The van der Waals surface area contributed by atoms with E-state index >= 15 is 19.2 Å². The van der Waals surface area contributed by atoms with E-state index in [4.69, 9.17) is 75.8 Å². The van der Waals surface area contributed by atoms with Gasteiger partial charge < -0.3 is 75.8 Å². The van der Waals surface area contributed by atoms with Gasteiger partial charge in [-0.3, -0.25) is 19.2 Å². The van der Waals surface area contributed by atoms with Gasteiger partial charge in [0.25, 0.3) is 0 Å². The average molecular weight is 1290 g/mol. The van der Waals surface area contributed by atoms with Gasteiger partial charge in [-0.25, -0.2) is 9.80 Å². The molecule has 0 saturated carbocycles. The molecular formula is C72H78N2O20. The third-order valence-electron chi connectivity index (χ3n) is 18.6. The van der Waals surface area contributed by atoms with E-state index in [1.165, 1.54) is 9.80 Å². The van der Waals surface area contributed by atoms with Crippen molar-refractivity contribution in [1.29, 1.82) is 0 Å². The maximum absolute atomic E-state index is 15.8. The van der Waals surface area contributed by atoms with E-state index in [1.54, 1.807) is 97.1 Å². The van der Waals surface area contributed by atoms with Gasteiger partial charge >= 0.3 is 0 Å². The van der Waals surface area contributed by atoms with Crippen molar-refractivity contribution < 1.29 is 95.0 Å². The minimum atomic E-state index is -1.52. The summed E-state index contributed by atoms with van der Waals surface area (Å²) in [6.45, 7) is 10.8. The van der Waals surface area contributed by atoms with Crippen molar-refractivity contribution in [3.05, 3.63) is 154 Å². The van der Waals surface area contributed by atoms with Crippen LogP contribution in [0.1, 0.15) is 72.2 Å². The van der Waals surface area contributed by atoms with Gasteiger partial charge in [-0.1, -0.05) is 36.4 Å². The predicted molar refractivity (Wildman–Crippen MR) is 340 cm³/mol. The van der Waals surface area contributed by atoms with Gasteiger partial charge in [-0.05, 0) is 145 Å². The zero-order valence-corrected chi connectivity index (χ0v) is 53.4. The summed E-state index contributed by atoms with van der Waals surface area (Å²) >= 11 is 0. The number of hydrogen-bond acceptors (Lipinski definition) is 20. The molecule has 4 bridgehead atoms. The molecule has 0 atom stereocenters. The normalized spacial score (nSPS) is 25.2. The molecule has 0 aromatic heterocycles.